The summed E-state index contributed by atoms with van der Waals surface area (Å²) >= 11 is 6.34. The molecule has 0 bridgehead atoms. The monoisotopic (exact) mass is 270 g/mol. The van der Waals surface area contributed by atoms with Gasteiger partial charge in [0.05, 0.1) is 5.41 Å². The van der Waals surface area contributed by atoms with Crippen molar-refractivity contribution in [3.8, 4) is 0 Å². The summed E-state index contributed by atoms with van der Waals surface area (Å²) in [6.45, 7) is 0. The van der Waals surface area contributed by atoms with E-state index in [-0.39, 0.29) is 5.41 Å². The standard InChI is InChI=1S/C16H15ClN2/c17-14-12-7-4-8-13(12)18-15(19-14)16(9-10-16)11-5-2-1-3-6-11/h1-3,5-6H,4,7-10H2. The number of benzene rings is 1. The van der Waals surface area contributed by atoms with Crippen LogP contribution in [0.3, 0.4) is 0 Å². The highest BCUT2D eigenvalue weighted by molar-refractivity contribution is 6.30. The number of fused-ring (bicyclic) bond motifs is 1. The van der Waals surface area contributed by atoms with Crippen LogP contribution in [0.2, 0.25) is 5.15 Å². The maximum atomic E-state index is 6.34. The third-order valence-corrected chi connectivity index (χ3v) is 4.70. The zero-order chi connectivity index (χ0) is 12.9. The molecule has 0 aliphatic heterocycles. The maximum absolute atomic E-state index is 6.34. The van der Waals surface area contributed by atoms with E-state index in [0.29, 0.717) is 5.15 Å². The number of nitrogens with zero attached hydrogens (tertiary/aromatic N) is 2. The van der Waals surface area contributed by atoms with Crippen molar-refractivity contribution in [3.05, 3.63) is 58.1 Å². The van der Waals surface area contributed by atoms with Gasteiger partial charge in [0.2, 0.25) is 0 Å². The van der Waals surface area contributed by atoms with Gasteiger partial charge in [0.1, 0.15) is 11.0 Å². The first-order valence-electron chi connectivity index (χ1n) is 6.91. The van der Waals surface area contributed by atoms with Crippen LogP contribution in [-0.4, -0.2) is 9.97 Å². The van der Waals surface area contributed by atoms with E-state index in [1.807, 2.05) is 0 Å². The van der Waals surface area contributed by atoms with Crippen molar-refractivity contribution in [2.45, 2.75) is 37.5 Å². The summed E-state index contributed by atoms with van der Waals surface area (Å²) in [6, 6.07) is 10.6. The van der Waals surface area contributed by atoms with Crippen molar-refractivity contribution in [1.82, 2.24) is 9.97 Å². The van der Waals surface area contributed by atoms with Gasteiger partial charge in [0.15, 0.2) is 0 Å². The fourth-order valence-electron chi connectivity index (χ4n) is 3.12. The molecule has 0 radical (unpaired) electrons. The molecule has 3 heteroatoms. The lowest BCUT2D eigenvalue weighted by atomic mass is 9.95. The van der Waals surface area contributed by atoms with Crippen molar-refractivity contribution in [1.29, 1.82) is 0 Å². The van der Waals surface area contributed by atoms with Gasteiger partial charge >= 0.3 is 0 Å². The van der Waals surface area contributed by atoms with Crippen LogP contribution in [0.15, 0.2) is 30.3 Å². The van der Waals surface area contributed by atoms with Crippen LogP contribution >= 0.6 is 11.6 Å². The van der Waals surface area contributed by atoms with E-state index in [4.69, 9.17) is 16.6 Å². The lowest BCUT2D eigenvalue weighted by molar-refractivity contribution is 0.742. The molecule has 4 rings (SSSR count). The minimum Gasteiger partial charge on any atom is -0.237 e. The van der Waals surface area contributed by atoms with Crippen molar-refractivity contribution < 1.29 is 0 Å². The van der Waals surface area contributed by atoms with Crippen LogP contribution < -0.4 is 0 Å². The average molecular weight is 271 g/mol. The third kappa shape index (κ3) is 1.70. The van der Waals surface area contributed by atoms with Gasteiger partial charge in [-0.1, -0.05) is 41.9 Å². The van der Waals surface area contributed by atoms with E-state index < -0.39 is 0 Å². The third-order valence-electron chi connectivity index (χ3n) is 4.39. The Kier molecular flexibility index (Phi) is 2.43. The number of halogens is 1. The predicted molar refractivity (Wildman–Crippen MR) is 75.5 cm³/mol. The van der Waals surface area contributed by atoms with Gasteiger partial charge in [-0.2, -0.15) is 0 Å². The molecule has 0 amide bonds. The Balaban J connectivity index is 1.83. The molecule has 1 aromatic carbocycles. The van der Waals surface area contributed by atoms with Gasteiger partial charge in [-0.05, 0) is 37.7 Å². The maximum Gasteiger partial charge on any atom is 0.140 e. The summed E-state index contributed by atoms with van der Waals surface area (Å²) in [5.74, 6) is 0.935. The molecule has 1 aromatic heterocycles. The summed E-state index contributed by atoms with van der Waals surface area (Å²) in [5, 5.41) is 0.680. The molecular formula is C16H15ClN2. The number of hydrogen-bond donors (Lipinski definition) is 0. The second-order valence-corrected chi connectivity index (χ2v) is 5.92. The fraction of sp³-hybridized carbons (Fsp3) is 0.375. The highest BCUT2D eigenvalue weighted by Gasteiger charge is 2.49. The summed E-state index contributed by atoms with van der Waals surface area (Å²) in [6.07, 6.45) is 5.51. The number of aryl methyl sites for hydroxylation is 1. The molecule has 0 saturated heterocycles. The van der Waals surface area contributed by atoms with E-state index in [9.17, 15) is 0 Å². The van der Waals surface area contributed by atoms with Gasteiger partial charge in [-0.15, -0.1) is 0 Å². The normalized spacial score (nSPS) is 19.2. The first-order valence-corrected chi connectivity index (χ1v) is 7.29. The van der Waals surface area contributed by atoms with Gasteiger partial charge in [0.25, 0.3) is 0 Å². The molecule has 1 fully saturated rings. The van der Waals surface area contributed by atoms with E-state index in [2.05, 4.69) is 35.3 Å². The lowest BCUT2D eigenvalue weighted by Gasteiger charge is -2.16. The number of aromatic nitrogens is 2. The van der Waals surface area contributed by atoms with Gasteiger partial charge in [-0.3, -0.25) is 0 Å². The first-order chi connectivity index (χ1) is 9.29. The Morgan fingerprint density at radius 3 is 2.53 bits per heavy atom. The zero-order valence-corrected chi connectivity index (χ0v) is 11.5. The predicted octanol–water partition coefficient (Wildman–Crippen LogP) is 3.70. The van der Waals surface area contributed by atoms with Crippen molar-refractivity contribution in [2.75, 3.05) is 0 Å². The van der Waals surface area contributed by atoms with E-state index in [0.717, 1.165) is 37.9 Å². The molecule has 1 heterocycles. The Morgan fingerprint density at radius 1 is 1.00 bits per heavy atom. The second-order valence-electron chi connectivity index (χ2n) is 5.56. The summed E-state index contributed by atoms with van der Waals surface area (Å²) in [4.78, 5) is 9.44. The molecule has 96 valence electrons. The summed E-state index contributed by atoms with van der Waals surface area (Å²) in [7, 11) is 0. The van der Waals surface area contributed by atoms with Crippen LogP contribution in [0.1, 0.15) is 41.9 Å². The number of rotatable bonds is 2. The van der Waals surface area contributed by atoms with E-state index in [1.54, 1.807) is 0 Å². The van der Waals surface area contributed by atoms with Gasteiger partial charge in [0, 0.05) is 11.3 Å². The quantitative estimate of drug-likeness (QED) is 0.778. The van der Waals surface area contributed by atoms with Crippen molar-refractivity contribution in [2.24, 2.45) is 0 Å². The molecule has 0 unspecified atom stereocenters. The molecule has 2 aliphatic carbocycles. The molecule has 2 aromatic rings. The Labute approximate surface area is 117 Å². The van der Waals surface area contributed by atoms with Gasteiger partial charge < -0.3 is 0 Å². The summed E-state index contributed by atoms with van der Waals surface area (Å²) in [5.41, 5.74) is 3.71. The van der Waals surface area contributed by atoms with Crippen molar-refractivity contribution in [3.63, 3.8) is 0 Å². The van der Waals surface area contributed by atoms with E-state index >= 15 is 0 Å². The Morgan fingerprint density at radius 2 is 1.79 bits per heavy atom. The van der Waals surface area contributed by atoms with Gasteiger partial charge in [-0.25, -0.2) is 9.97 Å². The smallest absolute Gasteiger partial charge is 0.140 e. The van der Waals surface area contributed by atoms with Crippen LogP contribution in [0.5, 0.6) is 0 Å². The van der Waals surface area contributed by atoms with Crippen LogP contribution in [0, 0.1) is 0 Å². The molecule has 2 aliphatic rings. The minimum absolute atomic E-state index is 0.0303. The first kappa shape index (κ1) is 11.4. The highest BCUT2D eigenvalue weighted by atomic mass is 35.5. The fourth-order valence-corrected chi connectivity index (χ4v) is 3.41. The van der Waals surface area contributed by atoms with Crippen molar-refractivity contribution >= 4 is 11.6 Å². The SMILES string of the molecule is Clc1nc(C2(c3ccccc3)CC2)nc2c1CCC2. The minimum atomic E-state index is 0.0303. The molecule has 19 heavy (non-hydrogen) atoms. The van der Waals surface area contributed by atoms with Crippen LogP contribution in [0.25, 0.3) is 0 Å². The largest absolute Gasteiger partial charge is 0.237 e. The molecule has 1 saturated carbocycles. The molecule has 0 spiro atoms. The van der Waals surface area contributed by atoms with E-state index in [1.165, 1.54) is 16.8 Å². The Bertz CT molecular complexity index is 633. The highest BCUT2D eigenvalue weighted by Crippen LogP contribution is 2.52. The topological polar surface area (TPSA) is 25.8 Å². The van der Waals surface area contributed by atoms with Crippen LogP contribution in [0.4, 0.5) is 0 Å². The molecular weight excluding hydrogens is 256 g/mol. The Hall–Kier alpha value is -1.41. The molecule has 0 N–H and O–H groups in total. The zero-order valence-electron chi connectivity index (χ0n) is 10.7. The summed E-state index contributed by atoms with van der Waals surface area (Å²) < 4.78 is 0. The average Bonchev–Trinajstić information content (AvgIpc) is 3.12. The molecule has 2 nitrogen and oxygen atoms in total. The second kappa shape index (κ2) is 4.04. The van der Waals surface area contributed by atoms with Crippen LogP contribution in [-0.2, 0) is 18.3 Å². The lowest BCUT2D eigenvalue weighted by Crippen LogP contribution is -2.15. The molecule has 0 atom stereocenters. The number of hydrogen-bond acceptors (Lipinski definition) is 2.